The van der Waals surface area contributed by atoms with Gasteiger partial charge in [-0.05, 0) is 128 Å². The first-order valence-corrected chi connectivity index (χ1v) is 17.2. The number of aryl methyl sites for hydroxylation is 1. The van der Waals surface area contributed by atoms with Crippen molar-refractivity contribution in [2.24, 2.45) is 5.92 Å². The molecule has 0 bridgehead atoms. The smallest absolute Gasteiger partial charge is 0.274 e. The van der Waals surface area contributed by atoms with Crippen LogP contribution in [-0.2, 0) is 6.42 Å². The number of aromatic nitrogens is 1. The fraction of sp³-hybridized carbons (Fsp3) is 0.256. The Balaban J connectivity index is 0.000000168. The molecular weight excluding hydrogens is 641 g/mol. The molecule has 3 heterocycles. The zero-order valence-electron chi connectivity index (χ0n) is 26.6. The zero-order valence-corrected chi connectivity index (χ0v) is 28.2. The number of hydrogen-bond donors (Lipinski definition) is 4. The van der Waals surface area contributed by atoms with E-state index in [0.29, 0.717) is 27.4 Å². The first kappa shape index (κ1) is 33.6. The predicted octanol–water partition coefficient (Wildman–Crippen LogP) is 8.35. The second-order valence-corrected chi connectivity index (χ2v) is 13.1. The summed E-state index contributed by atoms with van der Waals surface area (Å²) < 4.78 is 0. The fourth-order valence-corrected chi connectivity index (χ4v) is 6.53. The van der Waals surface area contributed by atoms with E-state index in [4.69, 9.17) is 23.2 Å². The van der Waals surface area contributed by atoms with Crippen molar-refractivity contribution in [3.63, 3.8) is 0 Å². The van der Waals surface area contributed by atoms with Gasteiger partial charge in [-0.25, -0.2) is 4.98 Å². The van der Waals surface area contributed by atoms with Crippen molar-refractivity contribution in [2.75, 3.05) is 36.8 Å². The predicted molar refractivity (Wildman–Crippen MR) is 197 cm³/mol. The highest BCUT2D eigenvalue weighted by atomic mass is 35.5. The number of nitrogens with one attached hydrogen (secondary N) is 4. The lowest BCUT2D eigenvalue weighted by atomic mass is 9.98. The second kappa shape index (κ2) is 16.2. The van der Waals surface area contributed by atoms with Crippen LogP contribution < -0.4 is 21.3 Å². The number of carbonyl (C=O) groups is 2. The first-order valence-electron chi connectivity index (χ1n) is 16.4. The Hall–Kier alpha value is -4.27. The topological polar surface area (TPSA) is 95.2 Å². The molecule has 2 amide bonds. The van der Waals surface area contributed by atoms with E-state index < -0.39 is 0 Å². The maximum Gasteiger partial charge on any atom is 0.274 e. The summed E-state index contributed by atoms with van der Waals surface area (Å²) >= 11 is 12.0. The average molecular weight is 681 g/mol. The Morgan fingerprint density at radius 2 is 1.42 bits per heavy atom. The maximum absolute atomic E-state index is 12.5. The molecule has 2 aliphatic rings. The number of rotatable bonds is 8. The van der Waals surface area contributed by atoms with E-state index >= 15 is 0 Å². The molecule has 1 aromatic heterocycles. The van der Waals surface area contributed by atoms with Crippen LogP contribution >= 0.6 is 23.2 Å². The summed E-state index contributed by atoms with van der Waals surface area (Å²) in [5.74, 6) is 0.986. The largest absolute Gasteiger partial charge is 0.322 e. The minimum atomic E-state index is -0.261. The number of nitrogens with zero attached hydrogens (tertiary/aromatic N) is 1. The monoisotopic (exact) mass is 679 g/mol. The van der Waals surface area contributed by atoms with E-state index in [9.17, 15) is 9.59 Å². The molecule has 0 spiro atoms. The Kier molecular flexibility index (Phi) is 11.4. The molecule has 0 radical (unpaired) electrons. The summed E-state index contributed by atoms with van der Waals surface area (Å²) in [5.41, 5.74) is 5.11. The molecule has 2 fully saturated rings. The Bertz CT molecular complexity index is 1830. The number of pyridine rings is 1. The van der Waals surface area contributed by atoms with Gasteiger partial charge in [0, 0.05) is 33.9 Å². The minimum Gasteiger partial charge on any atom is -0.322 e. The number of benzene rings is 4. The van der Waals surface area contributed by atoms with Gasteiger partial charge in [-0.15, -0.1) is 0 Å². The van der Waals surface area contributed by atoms with Crippen LogP contribution in [0.3, 0.4) is 0 Å². The first-order chi connectivity index (χ1) is 23.4. The van der Waals surface area contributed by atoms with Gasteiger partial charge >= 0.3 is 0 Å². The maximum atomic E-state index is 12.5. The van der Waals surface area contributed by atoms with E-state index in [2.05, 4.69) is 50.5 Å². The molecule has 2 atom stereocenters. The van der Waals surface area contributed by atoms with Crippen LogP contribution in [0.15, 0.2) is 103 Å². The number of amides is 2. The molecule has 4 aromatic carbocycles. The molecule has 5 aromatic rings. The lowest BCUT2D eigenvalue weighted by molar-refractivity contribution is 0.101. The molecule has 2 aliphatic heterocycles. The average Bonchev–Trinajstić information content (AvgIpc) is 3.85. The summed E-state index contributed by atoms with van der Waals surface area (Å²) in [5, 5.41) is 15.3. The minimum absolute atomic E-state index is 0.119. The molecule has 0 aliphatic carbocycles. The number of hydrogen-bond acceptors (Lipinski definition) is 5. The Morgan fingerprint density at radius 1 is 0.750 bits per heavy atom. The molecule has 7 rings (SSSR count). The van der Waals surface area contributed by atoms with Gasteiger partial charge in [-0.1, -0.05) is 71.7 Å². The normalized spacial score (nSPS) is 17.0. The van der Waals surface area contributed by atoms with Gasteiger partial charge in [0.15, 0.2) is 0 Å². The highest BCUT2D eigenvalue weighted by Crippen LogP contribution is 2.25. The molecule has 48 heavy (non-hydrogen) atoms. The zero-order chi connectivity index (χ0) is 33.3. The Labute approximate surface area is 291 Å². The summed E-state index contributed by atoms with van der Waals surface area (Å²) in [6, 6.07) is 32.4. The van der Waals surface area contributed by atoms with E-state index in [0.717, 1.165) is 67.1 Å². The van der Waals surface area contributed by atoms with Gasteiger partial charge in [-0.2, -0.15) is 0 Å². The van der Waals surface area contributed by atoms with Crippen molar-refractivity contribution in [3.8, 4) is 0 Å². The van der Waals surface area contributed by atoms with Gasteiger partial charge in [-0.3, -0.25) is 9.59 Å². The molecule has 9 heteroatoms. The van der Waals surface area contributed by atoms with Crippen molar-refractivity contribution in [3.05, 3.63) is 136 Å². The molecule has 2 unspecified atom stereocenters. The number of anilines is 2. The third-order valence-corrected chi connectivity index (χ3v) is 9.49. The summed E-state index contributed by atoms with van der Waals surface area (Å²) in [4.78, 5) is 28.9. The fourth-order valence-electron chi connectivity index (χ4n) is 6.14. The summed E-state index contributed by atoms with van der Waals surface area (Å²) in [6.07, 6.45) is 4.77. The van der Waals surface area contributed by atoms with Gasteiger partial charge in [0.2, 0.25) is 0 Å². The lowest BCUT2D eigenvalue weighted by Crippen LogP contribution is -2.14. The Morgan fingerprint density at radius 3 is 2.10 bits per heavy atom. The van der Waals surface area contributed by atoms with Crippen LogP contribution in [-0.4, -0.2) is 43.0 Å². The van der Waals surface area contributed by atoms with Crippen molar-refractivity contribution in [1.82, 2.24) is 15.6 Å². The van der Waals surface area contributed by atoms with E-state index in [1.807, 2.05) is 48.5 Å². The SMILES string of the molecule is O=C(Nc1ccc(C2CCNC2)cc1)c1cc2ccccc2c(Cl)n1.O=C(Nc1ccc(CCC2CCNC2)cc1)c1ccc(Cl)cc1. The number of carbonyl (C=O) groups excluding carboxylic acids is 2. The van der Waals surface area contributed by atoms with Crippen molar-refractivity contribution < 1.29 is 9.59 Å². The van der Waals surface area contributed by atoms with Crippen LogP contribution in [0.4, 0.5) is 11.4 Å². The second-order valence-electron chi connectivity index (χ2n) is 12.3. The van der Waals surface area contributed by atoms with Crippen molar-refractivity contribution >= 4 is 57.2 Å². The highest BCUT2D eigenvalue weighted by molar-refractivity contribution is 6.34. The van der Waals surface area contributed by atoms with Crippen LogP contribution in [0.5, 0.6) is 0 Å². The van der Waals surface area contributed by atoms with E-state index in [-0.39, 0.29) is 11.8 Å². The van der Waals surface area contributed by atoms with Gasteiger partial charge in [0.25, 0.3) is 11.8 Å². The van der Waals surface area contributed by atoms with Crippen LogP contribution in [0, 0.1) is 5.92 Å². The number of fused-ring (bicyclic) bond motifs is 1. The van der Waals surface area contributed by atoms with Gasteiger partial charge in [0.1, 0.15) is 10.8 Å². The molecule has 0 saturated carbocycles. The van der Waals surface area contributed by atoms with Crippen LogP contribution in [0.2, 0.25) is 10.2 Å². The third kappa shape index (κ3) is 8.99. The lowest BCUT2D eigenvalue weighted by Gasteiger charge is -2.11. The molecular formula is C39H39Cl2N5O2. The van der Waals surface area contributed by atoms with E-state index in [1.165, 1.54) is 24.0 Å². The third-order valence-electron chi connectivity index (χ3n) is 8.95. The quantitative estimate of drug-likeness (QED) is 0.124. The molecule has 4 N–H and O–H groups in total. The highest BCUT2D eigenvalue weighted by Gasteiger charge is 2.17. The van der Waals surface area contributed by atoms with Crippen LogP contribution in [0.1, 0.15) is 57.2 Å². The standard InChI is InChI=1S/C20H18ClN3O.C19H21ClN2O/c21-19-17-4-2-1-3-14(17)11-18(24-19)20(25)23-16-7-5-13(6-8-16)15-9-10-22-12-15;20-17-7-5-16(6-8-17)19(23)22-18-9-3-14(4-10-18)1-2-15-11-12-21-13-15/h1-8,11,15,22H,9-10,12H2,(H,23,25);3-10,15,21H,1-2,11-13H2,(H,22,23). The summed E-state index contributed by atoms with van der Waals surface area (Å²) in [6.45, 7) is 4.39. The van der Waals surface area contributed by atoms with Crippen molar-refractivity contribution in [2.45, 2.75) is 31.6 Å². The molecule has 7 nitrogen and oxygen atoms in total. The van der Waals surface area contributed by atoms with Gasteiger partial charge < -0.3 is 21.3 Å². The molecule has 246 valence electrons. The van der Waals surface area contributed by atoms with E-state index in [1.54, 1.807) is 30.3 Å². The van der Waals surface area contributed by atoms with Gasteiger partial charge in [0.05, 0.1) is 0 Å². The van der Waals surface area contributed by atoms with Crippen molar-refractivity contribution in [1.29, 1.82) is 0 Å². The number of halogens is 2. The summed E-state index contributed by atoms with van der Waals surface area (Å²) in [7, 11) is 0. The van der Waals surface area contributed by atoms with Crippen LogP contribution in [0.25, 0.3) is 10.8 Å². The molecule has 2 saturated heterocycles.